The van der Waals surface area contributed by atoms with E-state index in [1.807, 2.05) is 18.2 Å². The van der Waals surface area contributed by atoms with Crippen LogP contribution in [0.1, 0.15) is 77.6 Å². The van der Waals surface area contributed by atoms with E-state index in [-0.39, 0.29) is 22.2 Å². The van der Waals surface area contributed by atoms with Gasteiger partial charge in [0.05, 0.1) is 21.1 Å². The van der Waals surface area contributed by atoms with Gasteiger partial charge in [-0.15, -0.1) is 24.4 Å². The van der Waals surface area contributed by atoms with E-state index in [4.69, 9.17) is 17.7 Å². The summed E-state index contributed by atoms with van der Waals surface area (Å²) in [6, 6.07) is 11.9. The maximum atomic E-state index is 16.5. The van der Waals surface area contributed by atoms with Gasteiger partial charge in [0.15, 0.2) is 23.3 Å². The second-order valence-electron chi connectivity index (χ2n) is 15.0. The smallest absolute Gasteiger partial charge is 0.425 e. The predicted molar refractivity (Wildman–Crippen MR) is 203 cm³/mol. The number of hydrogen-bond acceptors (Lipinski definition) is 8. The normalized spacial score (nSPS) is 16.4. The van der Waals surface area contributed by atoms with E-state index >= 15 is 17.6 Å². The van der Waals surface area contributed by atoms with Crippen LogP contribution in [0.15, 0.2) is 52.3 Å². The van der Waals surface area contributed by atoms with Crippen molar-refractivity contribution in [2.24, 2.45) is 0 Å². The number of carboxylic acids is 1. The summed E-state index contributed by atoms with van der Waals surface area (Å²) in [4.78, 5) is 12.2. The Morgan fingerprint density at radius 2 is 1.51 bits per heavy atom. The molecule has 300 valence electrons. The molecule has 0 atom stereocenters. The predicted octanol–water partition coefficient (Wildman–Crippen LogP) is 4.89. The Balaban J connectivity index is 0.00000119. The molecule has 0 unspecified atom stereocenters. The van der Waals surface area contributed by atoms with Crippen LogP contribution in [0.2, 0.25) is 0 Å². The van der Waals surface area contributed by atoms with Gasteiger partial charge in [-0.1, -0.05) is 26.0 Å². The third-order valence-electron chi connectivity index (χ3n) is 11.2. The van der Waals surface area contributed by atoms with Gasteiger partial charge < -0.3 is 10.0 Å². The molecule has 10 nitrogen and oxygen atoms in total. The number of rotatable bonds is 7. The van der Waals surface area contributed by atoms with E-state index in [1.54, 1.807) is 12.1 Å². The molecule has 4 aliphatic rings. The SMILES string of the molecule is CC1(C)c2cc3c(cc2C(c2c(F)c(F)c(SCC(=O)O)c(F)c2F)=c2cc4c5c(c21)CCC[N+]=5CCC4)CCCN3Cc1ccc(S(=O)(=O)O)cc1.O=S(=O)=O. The quantitative estimate of drug-likeness (QED) is 0.0867. The second-order valence-corrected chi connectivity index (χ2v) is 17.8. The van der Waals surface area contributed by atoms with E-state index in [2.05, 4.69) is 23.3 Å². The van der Waals surface area contributed by atoms with Gasteiger partial charge in [0.25, 0.3) is 10.1 Å². The first-order valence-electron chi connectivity index (χ1n) is 18.2. The summed E-state index contributed by atoms with van der Waals surface area (Å²) in [5, 5.41) is 10.8. The molecule has 4 aromatic rings. The fourth-order valence-corrected chi connectivity index (χ4v) is 10.2. The minimum atomic E-state index is -4.35. The zero-order chi connectivity index (χ0) is 41.1. The molecule has 4 aromatic carbocycles. The highest BCUT2D eigenvalue weighted by atomic mass is 32.2. The van der Waals surface area contributed by atoms with Crippen molar-refractivity contribution in [2.75, 3.05) is 30.3 Å². The lowest BCUT2D eigenvalue weighted by Crippen LogP contribution is -2.49. The number of halogens is 4. The first-order chi connectivity index (χ1) is 26.9. The number of carbonyl (C=O) groups is 1. The van der Waals surface area contributed by atoms with Crippen LogP contribution >= 0.6 is 11.8 Å². The highest BCUT2D eigenvalue weighted by Crippen LogP contribution is 2.47. The standard InChI is InChI=1S/C40H36F4N2O5S2.O3S/c1-40(2)28-18-29-22(6-3-15-46(29)19-21-9-11-24(12-10-21)53(49,50)51)16-26(28)31(32-34(41)36(43)39(37(44)35(32)42)52-20-30(47)48)27-17-23-7-4-13-45-14-5-8-25(33(27)40)38(23)45;1-4(2)3/h9-12,16-18H,3-8,13-15,19-20H2,1-2H3,(H-,47,48,49,50,51);/p+1. The zero-order valence-electron chi connectivity index (χ0n) is 30.8. The highest BCUT2D eigenvalue weighted by molar-refractivity contribution is 8.00. The van der Waals surface area contributed by atoms with Gasteiger partial charge in [0.1, 0.15) is 13.1 Å². The molecule has 3 aliphatic heterocycles. The van der Waals surface area contributed by atoms with E-state index in [1.165, 1.54) is 12.1 Å². The van der Waals surface area contributed by atoms with Crippen LogP contribution in [0, 0.1) is 23.3 Å². The summed E-state index contributed by atoms with van der Waals surface area (Å²) in [6.07, 6.45) is 4.68. The Bertz CT molecular complexity index is 2700. The number of benzene rings is 4. The molecule has 0 fully saturated rings. The van der Waals surface area contributed by atoms with Gasteiger partial charge in [-0.2, -0.15) is 8.42 Å². The number of aliphatic carboxylic acids is 1. The molecule has 0 radical (unpaired) electrons. The summed E-state index contributed by atoms with van der Waals surface area (Å²) in [5.41, 5.74) is 5.42. The van der Waals surface area contributed by atoms with Crippen LogP contribution in [0.4, 0.5) is 23.2 Å². The molecule has 1 aliphatic carbocycles. The summed E-state index contributed by atoms with van der Waals surface area (Å²) >= 11 is 0.198. The number of nitrogens with zero attached hydrogens (tertiary/aromatic N) is 2. The van der Waals surface area contributed by atoms with Crippen molar-refractivity contribution in [1.29, 1.82) is 0 Å². The maximum absolute atomic E-state index is 16.5. The molecular formula is C40H37F4N2O8S3+. The zero-order valence-corrected chi connectivity index (χ0v) is 33.2. The van der Waals surface area contributed by atoms with Crippen LogP contribution in [0.3, 0.4) is 0 Å². The van der Waals surface area contributed by atoms with Gasteiger partial charge in [0, 0.05) is 53.7 Å². The van der Waals surface area contributed by atoms with Crippen molar-refractivity contribution in [3.63, 3.8) is 0 Å². The molecular weight excluding hydrogens is 809 g/mol. The molecule has 0 bridgehead atoms. The minimum Gasteiger partial charge on any atom is -0.481 e. The summed E-state index contributed by atoms with van der Waals surface area (Å²) in [7, 11) is -7.46. The lowest BCUT2D eigenvalue weighted by atomic mass is 9.65. The molecule has 8 rings (SSSR count). The molecule has 2 N–H and O–H groups in total. The minimum absolute atomic E-state index is 0.0828. The average molecular weight is 846 g/mol. The maximum Gasteiger partial charge on any atom is 0.425 e. The van der Waals surface area contributed by atoms with E-state index < -0.39 is 71.6 Å². The van der Waals surface area contributed by atoms with Crippen molar-refractivity contribution in [3.8, 4) is 0 Å². The summed E-state index contributed by atoms with van der Waals surface area (Å²) in [5.74, 6) is -8.54. The van der Waals surface area contributed by atoms with Crippen molar-refractivity contribution >= 4 is 49.7 Å². The first-order valence-corrected chi connectivity index (χ1v) is 21.6. The number of fused-ring (bicyclic) bond motifs is 4. The molecule has 0 saturated heterocycles. The summed E-state index contributed by atoms with van der Waals surface area (Å²) in [6.45, 7) is 7.07. The second kappa shape index (κ2) is 15.3. The Labute approximate surface area is 331 Å². The van der Waals surface area contributed by atoms with Crippen molar-refractivity contribution in [1.82, 2.24) is 4.58 Å². The van der Waals surface area contributed by atoms with Gasteiger partial charge in [0.2, 0.25) is 5.36 Å². The Hall–Kier alpha value is -4.58. The van der Waals surface area contributed by atoms with Crippen molar-refractivity contribution in [3.05, 3.63) is 121 Å². The number of hydrogen-bond donors (Lipinski definition) is 2. The molecule has 0 spiro atoms. The molecule has 0 amide bonds. The van der Waals surface area contributed by atoms with Gasteiger partial charge in [-0.3, -0.25) is 9.35 Å². The van der Waals surface area contributed by atoms with E-state index in [0.717, 1.165) is 89.6 Å². The Kier molecular flexibility index (Phi) is 10.9. The van der Waals surface area contributed by atoms with Gasteiger partial charge in [-0.05, 0) is 89.1 Å². The lowest BCUT2D eigenvalue weighted by molar-refractivity contribution is -0.133. The van der Waals surface area contributed by atoms with Crippen molar-refractivity contribution < 1.29 is 53.1 Å². The van der Waals surface area contributed by atoms with Crippen LogP contribution < -0.4 is 20.1 Å². The lowest BCUT2D eigenvalue weighted by Gasteiger charge is -2.40. The van der Waals surface area contributed by atoms with Crippen LogP contribution in [-0.4, -0.2) is 62.1 Å². The van der Waals surface area contributed by atoms with Gasteiger partial charge in [-0.25, -0.2) is 22.1 Å². The van der Waals surface area contributed by atoms with E-state index in [9.17, 15) is 17.8 Å². The number of thioether (sulfide) groups is 1. The fraction of sp³-hybridized carbons (Fsp3) is 0.350. The molecule has 0 aromatic heterocycles. The monoisotopic (exact) mass is 845 g/mol. The fourth-order valence-electron chi connectivity index (χ4n) is 9.00. The first kappa shape index (κ1) is 40.6. The summed E-state index contributed by atoms with van der Waals surface area (Å²) < 4.78 is 125. The van der Waals surface area contributed by atoms with Crippen molar-refractivity contribution in [2.45, 2.75) is 74.1 Å². The topological polar surface area (TPSA) is 149 Å². The molecule has 0 saturated carbocycles. The van der Waals surface area contributed by atoms with Crippen LogP contribution in [-0.2, 0) is 56.7 Å². The number of aryl methyl sites for hydroxylation is 2. The number of carboxylic acid groups (broad SMARTS) is 1. The van der Waals surface area contributed by atoms with Crippen LogP contribution in [0.5, 0.6) is 0 Å². The van der Waals surface area contributed by atoms with E-state index in [0.29, 0.717) is 30.3 Å². The third kappa shape index (κ3) is 7.38. The Morgan fingerprint density at radius 3 is 2.12 bits per heavy atom. The largest absolute Gasteiger partial charge is 0.481 e. The highest BCUT2D eigenvalue weighted by Gasteiger charge is 2.42. The number of anilines is 1. The Morgan fingerprint density at radius 1 is 0.895 bits per heavy atom. The molecule has 57 heavy (non-hydrogen) atoms. The average Bonchev–Trinajstić information content (AvgIpc) is 3.14. The molecule has 17 heteroatoms. The van der Waals surface area contributed by atoms with Gasteiger partial charge >= 0.3 is 16.6 Å². The van der Waals surface area contributed by atoms with Crippen LogP contribution in [0.25, 0.3) is 5.57 Å². The third-order valence-corrected chi connectivity index (χ3v) is 13.1. The molecule has 3 heterocycles.